The summed E-state index contributed by atoms with van der Waals surface area (Å²) in [5.41, 5.74) is 3.46. The van der Waals surface area contributed by atoms with Gasteiger partial charge in [0, 0.05) is 23.4 Å². The van der Waals surface area contributed by atoms with E-state index in [-0.39, 0.29) is 35.3 Å². The molecule has 0 N–H and O–H groups in total. The Balaban J connectivity index is 1.48. The van der Waals surface area contributed by atoms with Crippen LogP contribution in [0.4, 0.5) is 0 Å². The van der Waals surface area contributed by atoms with Crippen molar-refractivity contribution in [3.63, 3.8) is 0 Å². The van der Waals surface area contributed by atoms with Crippen LogP contribution < -0.4 is 0 Å². The molecule has 0 spiro atoms. The first-order valence-electron chi connectivity index (χ1n) is 13.6. The average molecular weight is 561 g/mol. The molecule has 0 saturated heterocycles. The number of fused-ring (bicyclic) bond motifs is 2. The minimum atomic E-state index is -3.89. The van der Waals surface area contributed by atoms with Crippen LogP contribution in [0.3, 0.4) is 0 Å². The van der Waals surface area contributed by atoms with Gasteiger partial charge in [-0.25, -0.2) is 8.42 Å². The first-order valence-corrected chi connectivity index (χ1v) is 15.9. The van der Waals surface area contributed by atoms with Crippen molar-refractivity contribution in [1.82, 2.24) is 9.21 Å². The van der Waals surface area contributed by atoms with Crippen LogP contribution in [0.2, 0.25) is 0 Å². The van der Waals surface area contributed by atoms with Gasteiger partial charge in [0.25, 0.3) is 0 Å². The van der Waals surface area contributed by atoms with Crippen LogP contribution in [0.25, 0.3) is 10.8 Å². The number of benzene rings is 3. The zero-order valence-corrected chi connectivity index (χ0v) is 24.7. The molecule has 1 amide bonds. The number of hydrogen-bond acceptors (Lipinski definition) is 4. The molecule has 0 bridgehead atoms. The second kappa shape index (κ2) is 10.9. The highest BCUT2D eigenvalue weighted by Crippen LogP contribution is 2.39. The van der Waals surface area contributed by atoms with E-state index >= 15 is 0 Å². The number of carbonyl (C=O) groups is 1. The van der Waals surface area contributed by atoms with Crippen molar-refractivity contribution < 1.29 is 13.2 Å². The van der Waals surface area contributed by atoms with Crippen LogP contribution in [0, 0.1) is 0 Å². The van der Waals surface area contributed by atoms with Gasteiger partial charge in [0.2, 0.25) is 15.9 Å². The van der Waals surface area contributed by atoms with E-state index in [0.29, 0.717) is 18.4 Å². The van der Waals surface area contributed by atoms with E-state index in [9.17, 15) is 13.2 Å². The fourth-order valence-corrected chi connectivity index (χ4v) is 8.04. The highest BCUT2D eigenvalue weighted by molar-refractivity contribution is 7.89. The topological polar surface area (TPSA) is 57.7 Å². The molecule has 39 heavy (non-hydrogen) atoms. The van der Waals surface area contributed by atoms with Crippen molar-refractivity contribution in [1.29, 1.82) is 0 Å². The van der Waals surface area contributed by atoms with Gasteiger partial charge in [0.1, 0.15) is 0 Å². The molecule has 3 aromatic carbocycles. The largest absolute Gasteiger partial charge is 0.330 e. The maximum Gasteiger partial charge on any atom is 0.244 e. The highest BCUT2D eigenvalue weighted by Gasteiger charge is 2.36. The molecule has 1 aliphatic rings. The normalized spacial score (nSPS) is 16.0. The summed E-state index contributed by atoms with van der Waals surface area (Å²) >= 11 is 1.73. The van der Waals surface area contributed by atoms with Gasteiger partial charge in [-0.3, -0.25) is 4.79 Å². The van der Waals surface area contributed by atoms with Crippen molar-refractivity contribution in [2.24, 2.45) is 0 Å². The number of sulfonamides is 1. The van der Waals surface area contributed by atoms with Crippen molar-refractivity contribution in [2.45, 2.75) is 56.9 Å². The Morgan fingerprint density at radius 3 is 2.44 bits per heavy atom. The quantitative estimate of drug-likeness (QED) is 0.251. The Morgan fingerprint density at radius 1 is 1.00 bits per heavy atom. The maximum atomic E-state index is 14.0. The van der Waals surface area contributed by atoms with E-state index in [4.69, 9.17) is 0 Å². The smallest absolute Gasteiger partial charge is 0.244 e. The van der Waals surface area contributed by atoms with Gasteiger partial charge in [-0.1, -0.05) is 88.4 Å². The molecule has 0 fully saturated rings. The van der Waals surface area contributed by atoms with E-state index in [0.717, 1.165) is 22.9 Å². The lowest BCUT2D eigenvalue weighted by Gasteiger charge is -2.37. The fraction of sp³-hybridized carbons (Fsp3) is 0.344. The SMILES string of the molecule is CCCN(CC(=O)N1CCc2sccc2C1c1ccc(C(C)(C)C)cc1)S(=O)(=O)c1cccc2ccccc12. The van der Waals surface area contributed by atoms with Gasteiger partial charge >= 0.3 is 0 Å². The summed E-state index contributed by atoms with van der Waals surface area (Å²) in [4.78, 5) is 17.4. The lowest BCUT2D eigenvalue weighted by molar-refractivity contribution is -0.133. The van der Waals surface area contributed by atoms with Gasteiger partial charge < -0.3 is 4.90 Å². The summed E-state index contributed by atoms with van der Waals surface area (Å²) in [5, 5.41) is 3.62. The average Bonchev–Trinajstić information content (AvgIpc) is 3.40. The second-order valence-electron chi connectivity index (χ2n) is 11.2. The Hall–Kier alpha value is -3.00. The first kappa shape index (κ1) is 27.6. The summed E-state index contributed by atoms with van der Waals surface area (Å²) in [5.74, 6) is -0.172. The van der Waals surface area contributed by atoms with Crippen LogP contribution in [0.1, 0.15) is 61.7 Å². The zero-order chi connectivity index (χ0) is 27.8. The molecule has 1 aromatic heterocycles. The first-order chi connectivity index (χ1) is 18.6. The Kier molecular flexibility index (Phi) is 7.68. The van der Waals surface area contributed by atoms with E-state index in [1.165, 1.54) is 14.7 Å². The molecule has 0 aliphatic carbocycles. The summed E-state index contributed by atoms with van der Waals surface area (Å²) in [6.45, 7) is 9.16. The Bertz CT molecular complexity index is 1580. The summed E-state index contributed by atoms with van der Waals surface area (Å²) in [7, 11) is -3.89. The molecule has 1 atom stereocenters. The molecule has 2 heterocycles. The molecule has 1 unspecified atom stereocenters. The fourth-order valence-electron chi connectivity index (χ4n) is 5.44. The van der Waals surface area contributed by atoms with Crippen LogP contribution in [-0.2, 0) is 26.7 Å². The number of rotatable bonds is 7. The van der Waals surface area contributed by atoms with Gasteiger partial charge in [0.05, 0.1) is 17.5 Å². The number of amides is 1. The van der Waals surface area contributed by atoms with E-state index < -0.39 is 10.0 Å². The molecule has 5 rings (SSSR count). The third-order valence-electron chi connectivity index (χ3n) is 7.53. The molecule has 204 valence electrons. The number of thiophene rings is 1. The van der Waals surface area contributed by atoms with Crippen molar-refractivity contribution >= 4 is 38.0 Å². The highest BCUT2D eigenvalue weighted by atomic mass is 32.2. The minimum absolute atomic E-state index is 0.0325. The van der Waals surface area contributed by atoms with Crippen LogP contribution >= 0.6 is 11.3 Å². The molecule has 0 radical (unpaired) electrons. The van der Waals surface area contributed by atoms with Gasteiger partial charge in [0.15, 0.2) is 0 Å². The van der Waals surface area contributed by atoms with Crippen LogP contribution in [0.5, 0.6) is 0 Å². The predicted molar refractivity (Wildman–Crippen MR) is 160 cm³/mol. The van der Waals surface area contributed by atoms with Crippen molar-refractivity contribution in [2.75, 3.05) is 19.6 Å². The predicted octanol–water partition coefficient (Wildman–Crippen LogP) is 6.77. The third-order valence-corrected chi connectivity index (χ3v) is 10.4. The molecule has 4 aromatic rings. The number of hydrogen-bond donors (Lipinski definition) is 0. The molecule has 0 saturated carbocycles. The molecule has 1 aliphatic heterocycles. The van der Waals surface area contributed by atoms with E-state index in [1.54, 1.807) is 23.5 Å². The lowest BCUT2D eigenvalue weighted by Crippen LogP contribution is -2.47. The Morgan fingerprint density at radius 2 is 1.72 bits per heavy atom. The summed E-state index contributed by atoms with van der Waals surface area (Å²) in [6, 6.07) is 23.2. The van der Waals surface area contributed by atoms with Crippen LogP contribution in [0.15, 0.2) is 83.1 Å². The molecule has 5 nitrogen and oxygen atoms in total. The monoisotopic (exact) mass is 560 g/mol. The van der Waals surface area contributed by atoms with Crippen LogP contribution in [-0.4, -0.2) is 43.2 Å². The summed E-state index contributed by atoms with van der Waals surface area (Å²) in [6.07, 6.45) is 1.39. The lowest BCUT2D eigenvalue weighted by atomic mass is 9.85. The summed E-state index contributed by atoms with van der Waals surface area (Å²) < 4.78 is 29.3. The minimum Gasteiger partial charge on any atom is -0.330 e. The Labute approximate surface area is 236 Å². The van der Waals surface area contributed by atoms with Gasteiger partial charge in [-0.15, -0.1) is 11.3 Å². The molecular formula is C32H36N2O3S2. The standard InChI is InChI=1S/C32H36N2O3S2/c1-5-19-33(39(36,37)29-12-8-10-23-9-6-7-11-26(23)29)22-30(35)34-20-17-28-27(18-21-38-28)31(34)24-13-15-25(16-14-24)32(2,3)4/h6-16,18,21,31H,5,17,19-20,22H2,1-4H3. The number of nitrogens with zero attached hydrogens (tertiary/aromatic N) is 2. The van der Waals surface area contributed by atoms with Crippen molar-refractivity contribution in [3.8, 4) is 0 Å². The van der Waals surface area contributed by atoms with E-state index in [2.05, 4.69) is 56.5 Å². The maximum absolute atomic E-state index is 14.0. The molecule has 7 heteroatoms. The van der Waals surface area contributed by atoms with Gasteiger partial charge in [-0.2, -0.15) is 4.31 Å². The second-order valence-corrected chi connectivity index (χ2v) is 14.1. The molecular weight excluding hydrogens is 524 g/mol. The van der Waals surface area contributed by atoms with Crippen molar-refractivity contribution in [3.05, 3.63) is 99.7 Å². The number of carbonyl (C=O) groups excluding carboxylic acids is 1. The van der Waals surface area contributed by atoms with Gasteiger partial charge in [-0.05, 0) is 57.8 Å². The third kappa shape index (κ3) is 5.40. The van der Waals surface area contributed by atoms with E-state index in [1.807, 2.05) is 42.2 Å². The zero-order valence-electron chi connectivity index (χ0n) is 23.1.